The summed E-state index contributed by atoms with van der Waals surface area (Å²) < 4.78 is 0. The van der Waals surface area contributed by atoms with Crippen LogP contribution in [-0.2, 0) is 6.42 Å². The molecule has 5 rings (SSSR count). The molecule has 1 aliphatic heterocycles. The molecule has 0 aliphatic carbocycles. The van der Waals surface area contributed by atoms with Gasteiger partial charge in [0, 0.05) is 29.4 Å². The number of anilines is 3. The molecule has 0 saturated carbocycles. The number of rotatable bonds is 3. The standard InChI is InChI=1S/C24H21N5O/c1-15-13-18-7-3-4-11-21(18)29(15)22-14-20(26-16(2)27-22)24(30)28-19-10-5-8-17-9-6-12-25-23(17)19/h3-12,14-15H,13H2,1-2H3,(H,28,30). The van der Waals surface area contributed by atoms with E-state index >= 15 is 0 Å². The van der Waals surface area contributed by atoms with E-state index in [1.165, 1.54) is 5.56 Å². The van der Waals surface area contributed by atoms with Crippen molar-refractivity contribution in [1.29, 1.82) is 0 Å². The van der Waals surface area contributed by atoms with Crippen LogP contribution in [0.2, 0.25) is 0 Å². The number of nitrogens with zero attached hydrogens (tertiary/aromatic N) is 4. The summed E-state index contributed by atoms with van der Waals surface area (Å²) in [5.74, 6) is 1.02. The summed E-state index contributed by atoms with van der Waals surface area (Å²) in [7, 11) is 0. The first-order valence-corrected chi connectivity index (χ1v) is 9.98. The number of fused-ring (bicyclic) bond motifs is 2. The molecule has 6 heteroatoms. The molecule has 0 fully saturated rings. The zero-order chi connectivity index (χ0) is 20.7. The van der Waals surface area contributed by atoms with Crippen LogP contribution in [0.4, 0.5) is 17.2 Å². The van der Waals surface area contributed by atoms with Crippen molar-refractivity contribution in [1.82, 2.24) is 15.0 Å². The molecular formula is C24H21N5O. The highest BCUT2D eigenvalue weighted by molar-refractivity contribution is 6.07. The lowest BCUT2D eigenvalue weighted by atomic mass is 10.1. The summed E-state index contributed by atoms with van der Waals surface area (Å²) in [5.41, 5.74) is 4.17. The van der Waals surface area contributed by atoms with Crippen LogP contribution < -0.4 is 10.2 Å². The highest BCUT2D eigenvalue weighted by atomic mass is 16.1. The molecule has 1 N–H and O–H groups in total. The van der Waals surface area contributed by atoms with Crippen molar-refractivity contribution >= 4 is 34.0 Å². The Bertz CT molecular complexity index is 1260. The number of benzene rings is 2. The van der Waals surface area contributed by atoms with Gasteiger partial charge in [-0.25, -0.2) is 9.97 Å². The van der Waals surface area contributed by atoms with Gasteiger partial charge in [-0.15, -0.1) is 0 Å². The lowest BCUT2D eigenvalue weighted by molar-refractivity contribution is 0.102. The molecule has 0 bridgehead atoms. The molecule has 4 aromatic rings. The monoisotopic (exact) mass is 395 g/mol. The number of aryl methyl sites for hydroxylation is 1. The Morgan fingerprint density at radius 2 is 1.90 bits per heavy atom. The second-order valence-electron chi connectivity index (χ2n) is 7.55. The lowest BCUT2D eigenvalue weighted by Crippen LogP contribution is -2.26. The molecule has 30 heavy (non-hydrogen) atoms. The number of carbonyl (C=O) groups is 1. The molecule has 1 amide bonds. The third kappa shape index (κ3) is 3.16. The fourth-order valence-corrected chi connectivity index (χ4v) is 4.10. The number of hydrogen-bond donors (Lipinski definition) is 1. The first-order chi connectivity index (χ1) is 14.6. The van der Waals surface area contributed by atoms with Crippen molar-refractivity contribution in [3.63, 3.8) is 0 Å². The molecule has 3 heterocycles. The summed E-state index contributed by atoms with van der Waals surface area (Å²) in [6.45, 7) is 3.98. The van der Waals surface area contributed by atoms with Crippen molar-refractivity contribution in [2.75, 3.05) is 10.2 Å². The Morgan fingerprint density at radius 1 is 1.07 bits per heavy atom. The van der Waals surface area contributed by atoms with Crippen LogP contribution in [0.3, 0.4) is 0 Å². The summed E-state index contributed by atoms with van der Waals surface area (Å²) >= 11 is 0. The number of nitrogens with one attached hydrogen (secondary N) is 1. The summed E-state index contributed by atoms with van der Waals surface area (Å²) in [6.07, 6.45) is 2.67. The average molecular weight is 395 g/mol. The molecule has 0 saturated heterocycles. The Kier molecular flexibility index (Phi) is 4.39. The highest BCUT2D eigenvalue weighted by Gasteiger charge is 2.28. The van der Waals surface area contributed by atoms with Crippen LogP contribution in [0.5, 0.6) is 0 Å². The highest BCUT2D eigenvalue weighted by Crippen LogP contribution is 2.37. The lowest BCUT2D eigenvalue weighted by Gasteiger charge is -2.24. The molecule has 6 nitrogen and oxygen atoms in total. The fourth-order valence-electron chi connectivity index (χ4n) is 4.10. The van der Waals surface area contributed by atoms with Gasteiger partial charge in [-0.2, -0.15) is 0 Å². The Labute approximate surface area is 174 Å². The quantitative estimate of drug-likeness (QED) is 0.546. The van der Waals surface area contributed by atoms with Gasteiger partial charge in [0.2, 0.25) is 0 Å². The van der Waals surface area contributed by atoms with Gasteiger partial charge in [0.15, 0.2) is 0 Å². The molecule has 1 unspecified atom stereocenters. The van der Waals surface area contributed by atoms with E-state index in [2.05, 4.69) is 50.3 Å². The van der Waals surface area contributed by atoms with Crippen LogP contribution in [0, 0.1) is 6.92 Å². The van der Waals surface area contributed by atoms with E-state index in [1.807, 2.05) is 43.3 Å². The maximum atomic E-state index is 13.1. The predicted octanol–water partition coefficient (Wildman–Crippen LogP) is 4.67. The summed E-state index contributed by atoms with van der Waals surface area (Å²) in [6, 6.07) is 19.9. The third-order valence-electron chi connectivity index (χ3n) is 5.39. The smallest absolute Gasteiger partial charge is 0.274 e. The number of aromatic nitrogens is 3. The number of para-hydroxylation sites is 2. The van der Waals surface area contributed by atoms with Gasteiger partial charge in [-0.3, -0.25) is 9.78 Å². The van der Waals surface area contributed by atoms with E-state index in [9.17, 15) is 4.79 Å². The Balaban J connectivity index is 1.50. The SMILES string of the molecule is Cc1nc(C(=O)Nc2cccc3cccnc23)cc(N2c3ccccc3CC2C)n1. The number of carbonyl (C=O) groups excluding carboxylic acids is 1. The van der Waals surface area contributed by atoms with Crippen molar-refractivity contribution in [3.05, 3.63) is 83.9 Å². The molecule has 148 valence electrons. The van der Waals surface area contributed by atoms with E-state index in [0.717, 1.165) is 28.8 Å². The zero-order valence-electron chi connectivity index (χ0n) is 16.8. The average Bonchev–Trinajstić information content (AvgIpc) is 3.09. The number of amides is 1. The van der Waals surface area contributed by atoms with E-state index in [-0.39, 0.29) is 11.9 Å². The van der Waals surface area contributed by atoms with Crippen molar-refractivity contribution < 1.29 is 4.79 Å². The zero-order valence-corrected chi connectivity index (χ0v) is 16.8. The van der Waals surface area contributed by atoms with Gasteiger partial charge in [0.1, 0.15) is 17.3 Å². The number of pyridine rings is 1. The first kappa shape index (κ1) is 18.2. The number of hydrogen-bond acceptors (Lipinski definition) is 5. The summed E-state index contributed by atoms with van der Waals surface area (Å²) in [4.78, 5) is 28.7. The topological polar surface area (TPSA) is 71.0 Å². The van der Waals surface area contributed by atoms with Gasteiger partial charge in [-0.1, -0.05) is 36.4 Å². The van der Waals surface area contributed by atoms with Crippen LogP contribution in [0.1, 0.15) is 28.8 Å². The molecule has 2 aromatic heterocycles. The van der Waals surface area contributed by atoms with Crippen molar-refractivity contribution in [2.24, 2.45) is 0 Å². The molecule has 1 aliphatic rings. The van der Waals surface area contributed by atoms with Gasteiger partial charge >= 0.3 is 0 Å². The third-order valence-corrected chi connectivity index (χ3v) is 5.39. The molecule has 0 radical (unpaired) electrons. The predicted molar refractivity (Wildman–Crippen MR) is 118 cm³/mol. The van der Waals surface area contributed by atoms with Crippen LogP contribution in [0.15, 0.2) is 66.9 Å². The van der Waals surface area contributed by atoms with Crippen LogP contribution in [0.25, 0.3) is 10.9 Å². The second-order valence-corrected chi connectivity index (χ2v) is 7.55. The van der Waals surface area contributed by atoms with E-state index in [4.69, 9.17) is 0 Å². The second kappa shape index (κ2) is 7.22. The van der Waals surface area contributed by atoms with E-state index in [1.54, 1.807) is 12.3 Å². The summed E-state index contributed by atoms with van der Waals surface area (Å²) in [5, 5.41) is 3.94. The van der Waals surface area contributed by atoms with Gasteiger partial charge in [0.05, 0.1) is 11.2 Å². The Morgan fingerprint density at radius 3 is 2.80 bits per heavy atom. The molecule has 0 spiro atoms. The minimum absolute atomic E-state index is 0.259. The maximum Gasteiger partial charge on any atom is 0.274 e. The van der Waals surface area contributed by atoms with E-state index in [0.29, 0.717) is 17.2 Å². The molecule has 1 atom stereocenters. The van der Waals surface area contributed by atoms with Crippen molar-refractivity contribution in [2.45, 2.75) is 26.3 Å². The van der Waals surface area contributed by atoms with Gasteiger partial charge in [0.25, 0.3) is 5.91 Å². The first-order valence-electron chi connectivity index (χ1n) is 9.98. The molecular weight excluding hydrogens is 374 g/mol. The van der Waals surface area contributed by atoms with E-state index < -0.39 is 0 Å². The van der Waals surface area contributed by atoms with Crippen LogP contribution in [-0.4, -0.2) is 26.9 Å². The van der Waals surface area contributed by atoms with Gasteiger partial charge < -0.3 is 10.2 Å². The fraction of sp³-hybridized carbons (Fsp3) is 0.167. The minimum atomic E-state index is -0.278. The Hall–Kier alpha value is -3.80. The minimum Gasteiger partial charge on any atom is -0.323 e. The largest absolute Gasteiger partial charge is 0.323 e. The van der Waals surface area contributed by atoms with Crippen LogP contribution >= 0.6 is 0 Å². The van der Waals surface area contributed by atoms with Crippen molar-refractivity contribution in [3.8, 4) is 0 Å². The molecule has 2 aromatic carbocycles. The van der Waals surface area contributed by atoms with Gasteiger partial charge in [-0.05, 0) is 44.0 Å². The maximum absolute atomic E-state index is 13.1. The normalized spacial score (nSPS) is 15.3.